The highest BCUT2D eigenvalue weighted by molar-refractivity contribution is 5.83. The second-order valence-electron chi connectivity index (χ2n) is 6.70. The second kappa shape index (κ2) is 5.71. The number of hydrogen-bond donors (Lipinski definition) is 0. The van der Waals surface area contributed by atoms with Crippen molar-refractivity contribution >= 4 is 16.8 Å². The Morgan fingerprint density at radius 3 is 2.86 bits per heavy atom. The minimum absolute atomic E-state index is 0.284. The molecule has 1 saturated carbocycles. The molecular formula is C19H22N2O. The number of carbonyl (C=O) groups excluding carboxylic acids is 1. The number of benzene rings is 1. The molecule has 0 N–H and O–H groups in total. The Morgan fingerprint density at radius 1 is 1.18 bits per heavy atom. The molecule has 1 atom stereocenters. The largest absolute Gasteiger partial charge is 0.339 e. The molecular weight excluding hydrogens is 272 g/mol. The van der Waals surface area contributed by atoms with Crippen molar-refractivity contribution in [3.63, 3.8) is 0 Å². The Morgan fingerprint density at radius 2 is 2.05 bits per heavy atom. The van der Waals surface area contributed by atoms with E-state index in [-0.39, 0.29) is 5.91 Å². The highest BCUT2D eigenvalue weighted by atomic mass is 16.2. The summed E-state index contributed by atoms with van der Waals surface area (Å²) in [5.74, 6) is 1.05. The molecule has 1 saturated heterocycles. The molecule has 2 aromatic rings. The maximum atomic E-state index is 12.7. The molecule has 3 heteroatoms. The Bertz CT molecular complexity index is 693. The molecule has 0 radical (unpaired) electrons. The number of amides is 1. The van der Waals surface area contributed by atoms with Gasteiger partial charge in [-0.2, -0.15) is 0 Å². The van der Waals surface area contributed by atoms with Gasteiger partial charge in [-0.05, 0) is 49.3 Å². The fourth-order valence-corrected chi connectivity index (χ4v) is 3.91. The fourth-order valence-electron chi connectivity index (χ4n) is 3.91. The number of carbonyl (C=O) groups is 1. The number of nitrogens with zero attached hydrogens (tertiary/aromatic N) is 2. The zero-order valence-corrected chi connectivity index (χ0v) is 12.9. The molecule has 3 nitrogen and oxygen atoms in total. The minimum Gasteiger partial charge on any atom is -0.339 e. The molecule has 0 bridgehead atoms. The molecule has 2 heterocycles. The lowest BCUT2D eigenvalue weighted by atomic mass is 9.78. The number of hydrogen-bond acceptors (Lipinski definition) is 2. The summed E-state index contributed by atoms with van der Waals surface area (Å²) in [7, 11) is 0. The van der Waals surface area contributed by atoms with Gasteiger partial charge < -0.3 is 4.90 Å². The molecule has 2 aliphatic rings. The maximum Gasteiger partial charge on any atom is 0.227 e. The summed E-state index contributed by atoms with van der Waals surface area (Å²) < 4.78 is 0. The Balaban J connectivity index is 1.50. The van der Waals surface area contributed by atoms with Crippen molar-refractivity contribution in [1.29, 1.82) is 0 Å². The summed E-state index contributed by atoms with van der Waals surface area (Å²) in [6.45, 7) is 0.945. The first kappa shape index (κ1) is 13.7. The van der Waals surface area contributed by atoms with Crippen LogP contribution in [0.4, 0.5) is 0 Å². The summed E-state index contributed by atoms with van der Waals surface area (Å²) in [6.07, 6.45) is 8.68. The molecule has 2 fully saturated rings. The van der Waals surface area contributed by atoms with E-state index >= 15 is 0 Å². The van der Waals surface area contributed by atoms with Crippen LogP contribution in [0, 0.1) is 5.92 Å². The number of pyridine rings is 1. The van der Waals surface area contributed by atoms with Gasteiger partial charge in [0.25, 0.3) is 0 Å². The van der Waals surface area contributed by atoms with E-state index in [1.165, 1.54) is 32.1 Å². The quantitative estimate of drug-likeness (QED) is 0.867. The van der Waals surface area contributed by atoms with Crippen molar-refractivity contribution in [3.8, 4) is 0 Å². The first-order valence-corrected chi connectivity index (χ1v) is 8.44. The third-order valence-electron chi connectivity index (χ3n) is 5.32. The molecule has 1 aliphatic carbocycles. The minimum atomic E-state index is 0.284. The number of para-hydroxylation sites is 1. The van der Waals surface area contributed by atoms with Crippen LogP contribution in [-0.2, 0) is 11.2 Å². The van der Waals surface area contributed by atoms with Gasteiger partial charge in [0.2, 0.25) is 5.91 Å². The van der Waals surface area contributed by atoms with Gasteiger partial charge in [-0.1, -0.05) is 24.6 Å². The van der Waals surface area contributed by atoms with E-state index in [9.17, 15) is 4.79 Å². The third kappa shape index (κ3) is 2.49. The van der Waals surface area contributed by atoms with Crippen molar-refractivity contribution in [1.82, 2.24) is 9.88 Å². The molecule has 0 spiro atoms. The summed E-state index contributed by atoms with van der Waals surface area (Å²) in [5, 5.41) is 1.12. The van der Waals surface area contributed by atoms with Crippen LogP contribution < -0.4 is 0 Å². The van der Waals surface area contributed by atoms with Crippen LogP contribution in [0.2, 0.25) is 0 Å². The Kier molecular flexibility index (Phi) is 3.57. The van der Waals surface area contributed by atoms with E-state index in [4.69, 9.17) is 0 Å². The van der Waals surface area contributed by atoms with Gasteiger partial charge in [0.05, 0.1) is 11.9 Å². The van der Waals surface area contributed by atoms with Crippen molar-refractivity contribution in [2.75, 3.05) is 6.54 Å². The van der Waals surface area contributed by atoms with Gasteiger partial charge in [0.15, 0.2) is 0 Å². The van der Waals surface area contributed by atoms with Gasteiger partial charge in [-0.15, -0.1) is 0 Å². The van der Waals surface area contributed by atoms with Gasteiger partial charge in [0.1, 0.15) is 0 Å². The number of likely N-dealkylation sites (tertiary alicyclic amines) is 1. The van der Waals surface area contributed by atoms with E-state index in [1.807, 2.05) is 24.4 Å². The van der Waals surface area contributed by atoms with Crippen LogP contribution in [0.1, 0.15) is 37.7 Å². The fraction of sp³-hybridized carbons (Fsp3) is 0.474. The number of fused-ring (bicyclic) bond motifs is 1. The van der Waals surface area contributed by atoms with E-state index in [0.29, 0.717) is 12.5 Å². The van der Waals surface area contributed by atoms with E-state index in [0.717, 1.165) is 28.9 Å². The van der Waals surface area contributed by atoms with Crippen LogP contribution in [-0.4, -0.2) is 28.4 Å². The van der Waals surface area contributed by atoms with Gasteiger partial charge >= 0.3 is 0 Å². The van der Waals surface area contributed by atoms with E-state index < -0.39 is 0 Å². The molecule has 22 heavy (non-hydrogen) atoms. The smallest absolute Gasteiger partial charge is 0.227 e. The van der Waals surface area contributed by atoms with Crippen LogP contribution in [0.5, 0.6) is 0 Å². The monoisotopic (exact) mass is 294 g/mol. The Hall–Kier alpha value is -1.90. The molecule has 114 valence electrons. The lowest BCUT2D eigenvalue weighted by molar-refractivity contribution is -0.132. The normalized spacial score (nSPS) is 22.0. The second-order valence-corrected chi connectivity index (χ2v) is 6.70. The molecule has 1 aliphatic heterocycles. The van der Waals surface area contributed by atoms with Crippen LogP contribution in [0.25, 0.3) is 10.9 Å². The van der Waals surface area contributed by atoms with Crippen molar-refractivity contribution < 1.29 is 4.79 Å². The predicted molar refractivity (Wildman–Crippen MR) is 87.5 cm³/mol. The first-order valence-electron chi connectivity index (χ1n) is 8.44. The van der Waals surface area contributed by atoms with Crippen LogP contribution in [0.15, 0.2) is 36.5 Å². The summed E-state index contributed by atoms with van der Waals surface area (Å²) >= 11 is 0. The van der Waals surface area contributed by atoms with Gasteiger partial charge in [0, 0.05) is 24.2 Å². The molecule has 1 aromatic carbocycles. The van der Waals surface area contributed by atoms with E-state index in [2.05, 4.69) is 22.0 Å². The SMILES string of the molecule is O=C(Cc1cnc2ccccc2c1)N1CCC[C@@H]1C1CCC1. The average molecular weight is 294 g/mol. The molecule has 1 amide bonds. The lowest BCUT2D eigenvalue weighted by Crippen LogP contribution is -2.43. The maximum absolute atomic E-state index is 12.7. The third-order valence-corrected chi connectivity index (χ3v) is 5.32. The Labute approximate surface area is 131 Å². The highest BCUT2D eigenvalue weighted by Crippen LogP contribution is 2.37. The highest BCUT2D eigenvalue weighted by Gasteiger charge is 2.36. The topological polar surface area (TPSA) is 33.2 Å². The lowest BCUT2D eigenvalue weighted by Gasteiger charge is -2.37. The molecule has 4 rings (SSSR count). The number of aromatic nitrogens is 1. The average Bonchev–Trinajstić information content (AvgIpc) is 2.94. The standard InChI is InChI=1S/C19H22N2O/c22-19(21-10-4-9-18(21)15-6-3-7-15)12-14-11-16-5-1-2-8-17(16)20-13-14/h1-2,5,8,11,13,15,18H,3-4,6-7,9-10,12H2/t18-/m1/s1. The number of rotatable bonds is 3. The first-order chi connectivity index (χ1) is 10.8. The van der Waals surface area contributed by atoms with Gasteiger partial charge in [-0.3, -0.25) is 9.78 Å². The van der Waals surface area contributed by atoms with Crippen LogP contribution >= 0.6 is 0 Å². The van der Waals surface area contributed by atoms with E-state index in [1.54, 1.807) is 0 Å². The van der Waals surface area contributed by atoms with Crippen LogP contribution in [0.3, 0.4) is 0 Å². The summed E-state index contributed by atoms with van der Waals surface area (Å²) in [6, 6.07) is 10.7. The molecule has 1 aromatic heterocycles. The zero-order chi connectivity index (χ0) is 14.9. The van der Waals surface area contributed by atoms with Gasteiger partial charge in [-0.25, -0.2) is 0 Å². The predicted octanol–water partition coefficient (Wildman–Crippen LogP) is 3.57. The molecule has 0 unspecified atom stereocenters. The van der Waals surface area contributed by atoms with Crippen molar-refractivity contribution in [3.05, 3.63) is 42.1 Å². The van der Waals surface area contributed by atoms with Crippen molar-refractivity contribution in [2.45, 2.75) is 44.6 Å². The summed E-state index contributed by atoms with van der Waals surface area (Å²) in [5.41, 5.74) is 2.02. The summed E-state index contributed by atoms with van der Waals surface area (Å²) in [4.78, 5) is 19.3. The zero-order valence-electron chi connectivity index (χ0n) is 12.9. The van der Waals surface area contributed by atoms with Crippen molar-refractivity contribution in [2.24, 2.45) is 5.92 Å².